The summed E-state index contributed by atoms with van der Waals surface area (Å²) in [6.45, 7) is 2.36. The van der Waals surface area contributed by atoms with Crippen LogP contribution in [-0.2, 0) is 6.61 Å². The average molecular weight is 479 g/mol. The zero-order chi connectivity index (χ0) is 20.1. The molecule has 0 amide bonds. The summed E-state index contributed by atoms with van der Waals surface area (Å²) in [5.41, 5.74) is 3.69. The lowest BCUT2D eigenvalue weighted by atomic mass is 10.2. The molecular formula is C22H18BrCl2NO2. The third-order valence-electron chi connectivity index (χ3n) is 4.07. The largest absolute Gasteiger partial charge is 0.493 e. The lowest BCUT2D eigenvalue weighted by Gasteiger charge is -2.13. The molecule has 0 N–H and O–H groups in total. The zero-order valence-corrected chi connectivity index (χ0v) is 18.5. The van der Waals surface area contributed by atoms with Crippen molar-refractivity contribution in [1.82, 2.24) is 0 Å². The number of benzene rings is 3. The second-order valence-corrected chi connectivity index (χ2v) is 7.84. The predicted molar refractivity (Wildman–Crippen MR) is 120 cm³/mol. The van der Waals surface area contributed by atoms with Gasteiger partial charge in [0, 0.05) is 16.3 Å². The first-order valence-corrected chi connectivity index (χ1v) is 10.1. The van der Waals surface area contributed by atoms with Crippen LogP contribution in [0.25, 0.3) is 0 Å². The highest BCUT2D eigenvalue weighted by molar-refractivity contribution is 9.10. The van der Waals surface area contributed by atoms with Crippen LogP contribution in [0.4, 0.5) is 5.69 Å². The molecule has 3 aromatic carbocycles. The van der Waals surface area contributed by atoms with Crippen LogP contribution in [0.2, 0.25) is 10.0 Å². The molecule has 0 saturated heterocycles. The van der Waals surface area contributed by atoms with Gasteiger partial charge in [-0.1, -0.05) is 41.4 Å². The quantitative estimate of drug-likeness (QED) is 0.345. The Balaban J connectivity index is 1.79. The van der Waals surface area contributed by atoms with Crippen LogP contribution >= 0.6 is 39.1 Å². The number of methoxy groups -OCH3 is 1. The van der Waals surface area contributed by atoms with Gasteiger partial charge in [0.2, 0.25) is 0 Å². The molecule has 28 heavy (non-hydrogen) atoms. The molecule has 3 aromatic rings. The van der Waals surface area contributed by atoms with Crippen LogP contribution in [0.15, 0.2) is 64.1 Å². The van der Waals surface area contributed by atoms with E-state index in [1.165, 1.54) is 0 Å². The monoisotopic (exact) mass is 477 g/mol. The van der Waals surface area contributed by atoms with Crippen molar-refractivity contribution < 1.29 is 9.47 Å². The van der Waals surface area contributed by atoms with Crippen LogP contribution in [0, 0.1) is 6.92 Å². The minimum absolute atomic E-state index is 0.404. The second-order valence-electron chi connectivity index (χ2n) is 6.14. The van der Waals surface area contributed by atoms with Gasteiger partial charge < -0.3 is 9.47 Å². The smallest absolute Gasteiger partial charge is 0.175 e. The van der Waals surface area contributed by atoms with Crippen molar-refractivity contribution in [2.45, 2.75) is 13.5 Å². The first kappa shape index (κ1) is 20.7. The van der Waals surface area contributed by atoms with Crippen LogP contribution in [0.5, 0.6) is 11.5 Å². The van der Waals surface area contributed by atoms with Crippen LogP contribution in [0.1, 0.15) is 16.7 Å². The van der Waals surface area contributed by atoms with Gasteiger partial charge in [-0.25, -0.2) is 0 Å². The van der Waals surface area contributed by atoms with E-state index in [1.807, 2.05) is 61.5 Å². The SMILES string of the molecule is COc1cc(C=Nc2ccc(C)c(Cl)c2)cc(Br)c1OCc1ccc(Cl)cc1. The summed E-state index contributed by atoms with van der Waals surface area (Å²) in [4.78, 5) is 4.49. The highest BCUT2D eigenvalue weighted by Gasteiger charge is 2.11. The maximum atomic E-state index is 6.16. The van der Waals surface area contributed by atoms with E-state index >= 15 is 0 Å². The summed E-state index contributed by atoms with van der Waals surface area (Å²) < 4.78 is 12.2. The number of aliphatic imine (C=N–C) groups is 1. The Morgan fingerprint density at radius 1 is 1.04 bits per heavy atom. The van der Waals surface area contributed by atoms with E-state index in [2.05, 4.69) is 20.9 Å². The number of rotatable bonds is 6. The van der Waals surface area contributed by atoms with Crippen molar-refractivity contribution in [2.24, 2.45) is 4.99 Å². The Morgan fingerprint density at radius 2 is 1.79 bits per heavy atom. The predicted octanol–water partition coefficient (Wildman–Crippen LogP) is 7.40. The fourth-order valence-electron chi connectivity index (χ4n) is 2.50. The second kappa shape index (κ2) is 9.46. The number of hydrogen-bond acceptors (Lipinski definition) is 3. The number of hydrogen-bond donors (Lipinski definition) is 0. The summed E-state index contributed by atoms with van der Waals surface area (Å²) in [7, 11) is 1.61. The van der Waals surface area contributed by atoms with Gasteiger partial charge in [-0.2, -0.15) is 0 Å². The van der Waals surface area contributed by atoms with Crippen molar-refractivity contribution in [2.75, 3.05) is 7.11 Å². The van der Waals surface area contributed by atoms with Crippen molar-refractivity contribution in [1.29, 1.82) is 0 Å². The van der Waals surface area contributed by atoms with Crippen LogP contribution in [0.3, 0.4) is 0 Å². The fraction of sp³-hybridized carbons (Fsp3) is 0.136. The number of aryl methyl sites for hydroxylation is 1. The maximum Gasteiger partial charge on any atom is 0.175 e. The number of halogens is 3. The van der Waals surface area contributed by atoms with Crippen molar-refractivity contribution in [3.05, 3.63) is 85.8 Å². The highest BCUT2D eigenvalue weighted by atomic mass is 79.9. The van der Waals surface area contributed by atoms with E-state index < -0.39 is 0 Å². The van der Waals surface area contributed by atoms with Gasteiger partial charge >= 0.3 is 0 Å². The first-order valence-electron chi connectivity index (χ1n) is 8.51. The van der Waals surface area contributed by atoms with E-state index in [-0.39, 0.29) is 0 Å². The average Bonchev–Trinajstić information content (AvgIpc) is 2.69. The molecule has 0 aliphatic carbocycles. The van der Waals surface area contributed by atoms with Crippen molar-refractivity contribution in [3.63, 3.8) is 0 Å². The topological polar surface area (TPSA) is 30.8 Å². The summed E-state index contributed by atoms with van der Waals surface area (Å²) in [6, 6.07) is 17.0. The lowest BCUT2D eigenvalue weighted by Crippen LogP contribution is -1.99. The first-order chi connectivity index (χ1) is 13.5. The summed E-state index contributed by atoms with van der Waals surface area (Å²) in [5.74, 6) is 1.25. The summed E-state index contributed by atoms with van der Waals surface area (Å²) in [5, 5.41) is 1.39. The molecule has 0 aromatic heterocycles. The van der Waals surface area contributed by atoms with Crippen LogP contribution < -0.4 is 9.47 Å². The van der Waals surface area contributed by atoms with Gasteiger partial charge in [-0.3, -0.25) is 4.99 Å². The summed E-state index contributed by atoms with van der Waals surface area (Å²) >= 11 is 15.6. The molecule has 0 heterocycles. The molecule has 0 aliphatic heterocycles. The molecule has 0 saturated carbocycles. The molecule has 0 radical (unpaired) electrons. The molecule has 3 nitrogen and oxygen atoms in total. The Hall–Kier alpha value is -2.01. The van der Waals surface area contributed by atoms with Gasteiger partial charge in [0.05, 0.1) is 17.3 Å². The van der Waals surface area contributed by atoms with Crippen molar-refractivity contribution >= 4 is 51.0 Å². The highest BCUT2D eigenvalue weighted by Crippen LogP contribution is 2.37. The van der Waals surface area contributed by atoms with Gasteiger partial charge in [0.15, 0.2) is 11.5 Å². The van der Waals surface area contributed by atoms with Crippen LogP contribution in [-0.4, -0.2) is 13.3 Å². The molecule has 0 unspecified atom stereocenters. The molecule has 0 atom stereocenters. The molecule has 3 rings (SSSR count). The Morgan fingerprint density at radius 3 is 2.46 bits per heavy atom. The number of ether oxygens (including phenoxy) is 2. The van der Waals surface area contributed by atoms with Gasteiger partial charge in [0.25, 0.3) is 0 Å². The van der Waals surface area contributed by atoms with E-state index in [9.17, 15) is 0 Å². The minimum Gasteiger partial charge on any atom is -0.493 e. The minimum atomic E-state index is 0.404. The lowest BCUT2D eigenvalue weighted by molar-refractivity contribution is 0.282. The van der Waals surface area contributed by atoms with Gasteiger partial charge in [0.1, 0.15) is 6.61 Å². The maximum absolute atomic E-state index is 6.16. The third-order valence-corrected chi connectivity index (χ3v) is 5.31. The normalized spacial score (nSPS) is 11.0. The Bertz CT molecular complexity index is 1000. The Kier molecular flexibility index (Phi) is 7.00. The van der Waals surface area contributed by atoms with Gasteiger partial charge in [-0.15, -0.1) is 0 Å². The van der Waals surface area contributed by atoms with Gasteiger partial charge in [-0.05, 0) is 75.9 Å². The summed E-state index contributed by atoms with van der Waals surface area (Å²) in [6.07, 6.45) is 1.76. The zero-order valence-electron chi connectivity index (χ0n) is 15.4. The van der Waals surface area contributed by atoms with Crippen molar-refractivity contribution in [3.8, 4) is 11.5 Å². The van der Waals surface area contributed by atoms with E-state index in [1.54, 1.807) is 13.3 Å². The number of nitrogens with zero attached hydrogens (tertiary/aromatic N) is 1. The van der Waals surface area contributed by atoms with E-state index in [4.69, 9.17) is 32.7 Å². The molecule has 0 bridgehead atoms. The van der Waals surface area contributed by atoms with E-state index in [0.29, 0.717) is 28.2 Å². The Labute approximate surface area is 183 Å². The van der Waals surface area contributed by atoms with E-state index in [0.717, 1.165) is 26.9 Å². The molecule has 0 aliphatic rings. The molecular weight excluding hydrogens is 461 g/mol. The molecule has 144 valence electrons. The third kappa shape index (κ3) is 5.28. The molecule has 0 spiro atoms. The molecule has 6 heteroatoms. The fourth-order valence-corrected chi connectivity index (χ4v) is 3.38. The molecule has 0 fully saturated rings. The standard InChI is InChI=1S/C22H18BrCl2NO2/c1-14-3-8-18(11-20(14)25)26-12-16-9-19(23)22(21(10-16)27-2)28-13-15-4-6-17(24)7-5-15/h3-12H,13H2,1-2H3.